The molecule has 0 amide bonds. The average molecular weight is 247 g/mol. The third kappa shape index (κ3) is 2.38. The molecule has 2 rings (SSSR count). The Kier molecular flexibility index (Phi) is 3.69. The van der Waals surface area contributed by atoms with Crippen molar-refractivity contribution in [2.75, 3.05) is 7.11 Å². The first-order valence-corrected chi connectivity index (χ1v) is 5.41. The van der Waals surface area contributed by atoms with E-state index in [9.17, 15) is 9.90 Å². The molecule has 6 heteroatoms. The smallest absolute Gasteiger partial charge is 0.360 e. The summed E-state index contributed by atoms with van der Waals surface area (Å²) in [6.07, 6.45) is 0. The Morgan fingerprint density at radius 2 is 2.11 bits per heavy atom. The highest BCUT2D eigenvalue weighted by Gasteiger charge is 2.19. The Hall–Kier alpha value is -2.21. The van der Waals surface area contributed by atoms with Crippen LogP contribution in [0.1, 0.15) is 21.7 Å². The van der Waals surface area contributed by atoms with Gasteiger partial charge in [0.25, 0.3) is 0 Å². The lowest BCUT2D eigenvalue weighted by Gasteiger charge is -2.05. The number of aliphatic hydroxyl groups excluding tert-OH is 1. The molecule has 1 aromatic heterocycles. The second-order valence-corrected chi connectivity index (χ2v) is 3.68. The number of methoxy groups -OCH3 is 1. The van der Waals surface area contributed by atoms with Crippen molar-refractivity contribution in [2.45, 2.75) is 13.2 Å². The standard InChI is InChI=1S/C12H13N3O3/c1-18-12(17)11-10(8-16)15(14-13-11)7-9-5-3-2-4-6-9/h2-6,16H,7-8H2,1H3. The molecule has 2 aromatic rings. The highest BCUT2D eigenvalue weighted by molar-refractivity contribution is 5.88. The van der Waals surface area contributed by atoms with Gasteiger partial charge in [-0.1, -0.05) is 35.5 Å². The molecule has 0 radical (unpaired) electrons. The van der Waals surface area contributed by atoms with E-state index in [0.717, 1.165) is 5.56 Å². The van der Waals surface area contributed by atoms with Crippen molar-refractivity contribution in [1.82, 2.24) is 15.0 Å². The number of esters is 1. The molecule has 0 fully saturated rings. The largest absolute Gasteiger partial charge is 0.464 e. The maximum absolute atomic E-state index is 11.4. The fourth-order valence-electron chi connectivity index (χ4n) is 1.63. The maximum Gasteiger partial charge on any atom is 0.360 e. The van der Waals surface area contributed by atoms with E-state index in [1.165, 1.54) is 11.8 Å². The topological polar surface area (TPSA) is 77.2 Å². The van der Waals surface area contributed by atoms with Crippen LogP contribution in [0.25, 0.3) is 0 Å². The van der Waals surface area contributed by atoms with E-state index >= 15 is 0 Å². The number of hydrogen-bond acceptors (Lipinski definition) is 5. The van der Waals surface area contributed by atoms with Crippen LogP contribution >= 0.6 is 0 Å². The average Bonchev–Trinajstić information content (AvgIpc) is 2.81. The lowest BCUT2D eigenvalue weighted by Crippen LogP contribution is -2.10. The summed E-state index contributed by atoms with van der Waals surface area (Å²) in [7, 11) is 1.26. The third-order valence-electron chi connectivity index (χ3n) is 2.54. The van der Waals surface area contributed by atoms with Gasteiger partial charge in [0.1, 0.15) is 0 Å². The van der Waals surface area contributed by atoms with Crippen LogP contribution in [-0.2, 0) is 17.9 Å². The molecule has 0 aliphatic rings. The summed E-state index contributed by atoms with van der Waals surface area (Å²) in [5.41, 5.74) is 1.41. The van der Waals surface area contributed by atoms with Gasteiger partial charge in [-0.05, 0) is 5.56 Å². The number of rotatable bonds is 4. The molecular weight excluding hydrogens is 234 g/mol. The van der Waals surface area contributed by atoms with E-state index in [0.29, 0.717) is 12.2 Å². The van der Waals surface area contributed by atoms with Crippen molar-refractivity contribution in [3.63, 3.8) is 0 Å². The van der Waals surface area contributed by atoms with Gasteiger partial charge in [-0.25, -0.2) is 9.48 Å². The van der Waals surface area contributed by atoms with Crippen LogP contribution in [0.5, 0.6) is 0 Å². The molecule has 1 aromatic carbocycles. The van der Waals surface area contributed by atoms with Crippen LogP contribution < -0.4 is 0 Å². The van der Waals surface area contributed by atoms with Crippen LogP contribution in [0.3, 0.4) is 0 Å². The first-order chi connectivity index (χ1) is 8.76. The number of benzene rings is 1. The zero-order valence-electron chi connectivity index (χ0n) is 9.91. The fourth-order valence-corrected chi connectivity index (χ4v) is 1.63. The van der Waals surface area contributed by atoms with Gasteiger partial charge in [0.05, 0.1) is 26.0 Å². The van der Waals surface area contributed by atoms with Crippen molar-refractivity contribution < 1.29 is 14.6 Å². The lowest BCUT2D eigenvalue weighted by molar-refractivity contribution is 0.0590. The molecule has 0 spiro atoms. The van der Waals surface area contributed by atoms with Gasteiger partial charge in [-0.3, -0.25) is 0 Å². The number of hydrogen-bond donors (Lipinski definition) is 1. The van der Waals surface area contributed by atoms with Crippen LogP contribution in [0.2, 0.25) is 0 Å². The summed E-state index contributed by atoms with van der Waals surface area (Å²) in [4.78, 5) is 11.4. The molecule has 1 heterocycles. The van der Waals surface area contributed by atoms with Crippen molar-refractivity contribution in [1.29, 1.82) is 0 Å². The Morgan fingerprint density at radius 1 is 1.39 bits per heavy atom. The summed E-state index contributed by atoms with van der Waals surface area (Å²) in [5.74, 6) is -0.599. The number of carbonyl (C=O) groups is 1. The molecule has 1 N–H and O–H groups in total. The maximum atomic E-state index is 11.4. The molecule has 0 aliphatic carbocycles. The fraction of sp³-hybridized carbons (Fsp3) is 0.250. The molecule has 0 atom stereocenters. The van der Waals surface area contributed by atoms with Gasteiger partial charge in [-0.15, -0.1) is 5.10 Å². The molecule has 0 aliphatic heterocycles. The lowest BCUT2D eigenvalue weighted by atomic mass is 10.2. The van der Waals surface area contributed by atoms with Gasteiger partial charge in [-0.2, -0.15) is 0 Å². The van der Waals surface area contributed by atoms with Gasteiger partial charge in [0.15, 0.2) is 5.69 Å². The zero-order valence-corrected chi connectivity index (χ0v) is 9.91. The first kappa shape index (κ1) is 12.3. The van der Waals surface area contributed by atoms with Crippen molar-refractivity contribution >= 4 is 5.97 Å². The molecule has 0 saturated carbocycles. The van der Waals surface area contributed by atoms with Gasteiger partial charge < -0.3 is 9.84 Å². The van der Waals surface area contributed by atoms with E-state index in [2.05, 4.69) is 15.0 Å². The Balaban J connectivity index is 2.29. The number of aliphatic hydroxyl groups is 1. The number of nitrogens with zero attached hydrogens (tertiary/aromatic N) is 3. The molecule has 0 bridgehead atoms. The minimum Gasteiger partial charge on any atom is -0.464 e. The van der Waals surface area contributed by atoms with E-state index in [1.807, 2.05) is 30.3 Å². The minimum absolute atomic E-state index is 0.0518. The highest BCUT2D eigenvalue weighted by atomic mass is 16.5. The normalized spacial score (nSPS) is 10.3. The molecule has 18 heavy (non-hydrogen) atoms. The molecule has 6 nitrogen and oxygen atoms in total. The van der Waals surface area contributed by atoms with Crippen molar-refractivity contribution in [3.05, 3.63) is 47.3 Å². The predicted octanol–water partition coefficient (Wildman–Crippen LogP) is 0.605. The predicted molar refractivity (Wildman–Crippen MR) is 62.8 cm³/mol. The molecule has 0 saturated heterocycles. The Labute approximate surface area is 104 Å². The van der Waals surface area contributed by atoms with Gasteiger partial charge in [0.2, 0.25) is 0 Å². The van der Waals surface area contributed by atoms with Crippen molar-refractivity contribution in [3.8, 4) is 0 Å². The van der Waals surface area contributed by atoms with Crippen LogP contribution in [0.4, 0.5) is 0 Å². The molecular formula is C12H13N3O3. The number of carbonyl (C=O) groups excluding carboxylic acids is 1. The quantitative estimate of drug-likeness (QED) is 0.801. The van der Waals surface area contributed by atoms with Crippen LogP contribution in [0.15, 0.2) is 30.3 Å². The van der Waals surface area contributed by atoms with Crippen molar-refractivity contribution in [2.24, 2.45) is 0 Å². The molecule has 0 unspecified atom stereocenters. The van der Waals surface area contributed by atoms with E-state index < -0.39 is 5.97 Å². The van der Waals surface area contributed by atoms with Gasteiger partial charge in [0, 0.05) is 0 Å². The number of ether oxygens (including phenoxy) is 1. The Morgan fingerprint density at radius 3 is 2.72 bits per heavy atom. The summed E-state index contributed by atoms with van der Waals surface area (Å²) in [6.45, 7) is 0.130. The van der Waals surface area contributed by atoms with E-state index in [4.69, 9.17) is 0 Å². The SMILES string of the molecule is COC(=O)c1nnn(Cc2ccccc2)c1CO. The third-order valence-corrected chi connectivity index (χ3v) is 2.54. The molecule has 94 valence electrons. The summed E-state index contributed by atoms with van der Waals surface area (Å²) >= 11 is 0. The van der Waals surface area contributed by atoms with Crippen LogP contribution in [0, 0.1) is 0 Å². The zero-order chi connectivity index (χ0) is 13.0. The summed E-state index contributed by atoms with van der Waals surface area (Å²) in [5, 5.41) is 16.9. The Bertz CT molecular complexity index is 537. The van der Waals surface area contributed by atoms with E-state index in [1.54, 1.807) is 0 Å². The second kappa shape index (κ2) is 5.42. The van der Waals surface area contributed by atoms with Gasteiger partial charge >= 0.3 is 5.97 Å². The van der Waals surface area contributed by atoms with E-state index in [-0.39, 0.29) is 12.3 Å². The first-order valence-electron chi connectivity index (χ1n) is 5.41. The van der Waals surface area contributed by atoms with Crippen LogP contribution in [-0.4, -0.2) is 33.2 Å². The second-order valence-electron chi connectivity index (χ2n) is 3.68. The summed E-state index contributed by atoms with van der Waals surface area (Å²) in [6, 6.07) is 9.59. The monoisotopic (exact) mass is 247 g/mol. The number of aromatic nitrogens is 3. The minimum atomic E-state index is -0.599. The highest BCUT2D eigenvalue weighted by Crippen LogP contribution is 2.10. The summed E-state index contributed by atoms with van der Waals surface area (Å²) < 4.78 is 6.06.